The molecular weight excluding hydrogens is 424 g/mol. The normalized spacial score (nSPS) is 20.6. The number of hydrogen-bond donors (Lipinski definition) is 3. The maximum Gasteiger partial charge on any atom is 0.381 e. The number of carbonyl (C=O) groups is 1. The Morgan fingerprint density at radius 1 is 1.45 bits per heavy atom. The zero-order chi connectivity index (χ0) is 22.2. The van der Waals surface area contributed by atoms with Crippen LogP contribution in [0.2, 0.25) is 0 Å². The average Bonchev–Trinajstić information content (AvgIpc) is 3.42. The van der Waals surface area contributed by atoms with Crippen LogP contribution in [0, 0.1) is 6.92 Å². The molecule has 1 fully saturated rings. The van der Waals surface area contributed by atoms with Crippen LogP contribution in [-0.4, -0.2) is 49.7 Å². The van der Waals surface area contributed by atoms with Crippen LogP contribution >= 0.6 is 11.3 Å². The van der Waals surface area contributed by atoms with Crippen LogP contribution in [0.15, 0.2) is 27.5 Å². The van der Waals surface area contributed by atoms with Gasteiger partial charge in [-0.25, -0.2) is 9.48 Å². The molecule has 0 aliphatic heterocycles. The van der Waals surface area contributed by atoms with E-state index in [1.54, 1.807) is 17.8 Å². The van der Waals surface area contributed by atoms with Gasteiger partial charge in [0.1, 0.15) is 0 Å². The molecule has 164 valence electrons. The van der Waals surface area contributed by atoms with Gasteiger partial charge in [0.05, 0.1) is 24.4 Å². The third-order valence-electron chi connectivity index (χ3n) is 5.24. The van der Waals surface area contributed by atoms with Gasteiger partial charge in [0.15, 0.2) is 5.76 Å². The van der Waals surface area contributed by atoms with Gasteiger partial charge in [-0.1, -0.05) is 11.3 Å². The second kappa shape index (κ2) is 8.12. The minimum Gasteiger partial charge on any atom is -0.488 e. The third kappa shape index (κ3) is 4.16. The Morgan fingerprint density at radius 2 is 2.26 bits per heavy atom. The molecule has 3 aromatic heterocycles. The van der Waals surface area contributed by atoms with Gasteiger partial charge in [0.2, 0.25) is 16.0 Å². The highest BCUT2D eigenvalue weighted by Gasteiger charge is 2.37. The highest BCUT2D eigenvalue weighted by atomic mass is 32.1. The Hall–Kier alpha value is -3.25. The molecule has 0 unspecified atom stereocenters. The molecule has 2 atom stereocenters. The van der Waals surface area contributed by atoms with Crippen molar-refractivity contribution in [3.63, 3.8) is 0 Å². The van der Waals surface area contributed by atoms with Crippen LogP contribution in [0.4, 0.5) is 10.8 Å². The van der Waals surface area contributed by atoms with Crippen LogP contribution in [0.5, 0.6) is 5.75 Å². The quantitative estimate of drug-likeness (QED) is 0.517. The Bertz CT molecular complexity index is 1170. The summed E-state index contributed by atoms with van der Waals surface area (Å²) in [6.45, 7) is 3.60. The molecule has 1 aliphatic rings. The zero-order valence-corrected chi connectivity index (χ0v) is 18.0. The van der Waals surface area contributed by atoms with E-state index < -0.39 is 17.1 Å². The van der Waals surface area contributed by atoms with Crippen molar-refractivity contribution in [2.75, 3.05) is 17.7 Å². The van der Waals surface area contributed by atoms with Crippen LogP contribution in [-0.2, 0) is 0 Å². The Morgan fingerprint density at radius 3 is 2.90 bits per heavy atom. The summed E-state index contributed by atoms with van der Waals surface area (Å²) in [5, 5.41) is 29.0. The van der Waals surface area contributed by atoms with Crippen molar-refractivity contribution in [3.8, 4) is 10.9 Å². The number of rotatable bonds is 6. The van der Waals surface area contributed by atoms with E-state index >= 15 is 0 Å². The van der Waals surface area contributed by atoms with Gasteiger partial charge in [-0.3, -0.25) is 10.1 Å². The van der Waals surface area contributed by atoms with E-state index in [-0.39, 0.29) is 28.4 Å². The molecule has 0 bridgehead atoms. The molecule has 3 aromatic rings. The number of aromatic nitrogens is 4. The molecular formula is C19H22N6O5S. The lowest BCUT2D eigenvalue weighted by molar-refractivity contribution is 0.0578. The first-order valence-electron chi connectivity index (χ1n) is 9.65. The van der Waals surface area contributed by atoms with Crippen molar-refractivity contribution < 1.29 is 19.1 Å². The molecule has 1 saturated carbocycles. The van der Waals surface area contributed by atoms with Crippen LogP contribution in [0.3, 0.4) is 0 Å². The van der Waals surface area contributed by atoms with Gasteiger partial charge in [-0.15, -0.1) is 10.2 Å². The lowest BCUT2D eigenvalue weighted by atomic mass is 10.0. The lowest BCUT2D eigenvalue weighted by Crippen LogP contribution is -2.39. The summed E-state index contributed by atoms with van der Waals surface area (Å²) < 4.78 is 11.9. The van der Waals surface area contributed by atoms with Crippen molar-refractivity contribution in [2.24, 2.45) is 0 Å². The number of amides is 1. The summed E-state index contributed by atoms with van der Waals surface area (Å²) in [5.74, 6) is -0.953. The Kier molecular flexibility index (Phi) is 5.50. The first kappa shape index (κ1) is 21.0. The van der Waals surface area contributed by atoms with Crippen LogP contribution < -0.4 is 21.0 Å². The molecule has 0 radical (unpaired) electrons. The summed E-state index contributed by atoms with van der Waals surface area (Å²) >= 11 is 1.12. The number of nitrogens with zero attached hydrogens (tertiary/aromatic N) is 4. The topological polar surface area (TPSA) is 144 Å². The standard InChI is InChI=1S/C19H22N6O5S/c1-10-6-8-20-25(10)18-24-23-17(31-18)22-15(26)12-9-11(14(29-3)16(27)30-12)21-13-5-4-7-19(13,2)28/h6,8-9,13,21,28H,4-5,7H2,1-3H3,(H,22,23,26)/t13-,19+/m1/s1. The van der Waals surface area contributed by atoms with Gasteiger partial charge < -0.3 is 19.6 Å². The third-order valence-corrected chi connectivity index (χ3v) is 6.05. The van der Waals surface area contributed by atoms with E-state index in [1.807, 2.05) is 13.0 Å². The SMILES string of the molecule is COc1c(N[C@@H]2CCC[C@]2(C)O)cc(C(=O)Nc2nnc(-n3nccc3C)s2)oc1=O. The van der Waals surface area contributed by atoms with Gasteiger partial charge in [-0.2, -0.15) is 5.10 Å². The summed E-state index contributed by atoms with van der Waals surface area (Å²) in [6.07, 6.45) is 3.84. The predicted octanol–water partition coefficient (Wildman–Crippen LogP) is 1.96. The predicted molar refractivity (Wildman–Crippen MR) is 113 cm³/mol. The van der Waals surface area contributed by atoms with E-state index in [2.05, 4.69) is 25.9 Å². The molecule has 0 spiro atoms. The van der Waals surface area contributed by atoms with Gasteiger partial charge in [0.25, 0.3) is 5.91 Å². The number of ether oxygens (including phenoxy) is 1. The number of hydrogen-bond acceptors (Lipinski definition) is 10. The summed E-state index contributed by atoms with van der Waals surface area (Å²) in [5.41, 5.74) is -0.591. The first-order valence-corrected chi connectivity index (χ1v) is 10.5. The molecule has 1 amide bonds. The van der Waals surface area contributed by atoms with E-state index in [4.69, 9.17) is 9.15 Å². The molecule has 1 aliphatic carbocycles. The molecule has 3 N–H and O–H groups in total. The maximum atomic E-state index is 12.7. The number of anilines is 2. The highest BCUT2D eigenvalue weighted by Crippen LogP contribution is 2.34. The molecule has 0 saturated heterocycles. The number of nitrogens with one attached hydrogen (secondary N) is 2. The average molecular weight is 446 g/mol. The summed E-state index contributed by atoms with van der Waals surface area (Å²) in [7, 11) is 1.34. The summed E-state index contributed by atoms with van der Waals surface area (Å²) in [6, 6.07) is 2.91. The molecule has 0 aromatic carbocycles. The monoisotopic (exact) mass is 446 g/mol. The molecule has 11 nitrogen and oxygen atoms in total. The molecule has 31 heavy (non-hydrogen) atoms. The minimum atomic E-state index is -0.933. The number of methoxy groups -OCH3 is 1. The fraction of sp³-hybridized carbons (Fsp3) is 0.421. The van der Waals surface area contributed by atoms with E-state index in [0.717, 1.165) is 29.9 Å². The molecule has 3 heterocycles. The highest BCUT2D eigenvalue weighted by molar-refractivity contribution is 7.17. The van der Waals surface area contributed by atoms with Crippen molar-refractivity contribution in [1.82, 2.24) is 20.0 Å². The molecule has 4 rings (SSSR count). The maximum absolute atomic E-state index is 12.7. The van der Waals surface area contributed by atoms with Gasteiger partial charge in [-0.05, 0) is 39.2 Å². The Balaban J connectivity index is 1.57. The smallest absolute Gasteiger partial charge is 0.381 e. The lowest BCUT2D eigenvalue weighted by Gasteiger charge is -2.27. The van der Waals surface area contributed by atoms with Crippen molar-refractivity contribution in [1.29, 1.82) is 0 Å². The van der Waals surface area contributed by atoms with E-state index in [1.165, 1.54) is 13.2 Å². The van der Waals surface area contributed by atoms with Crippen molar-refractivity contribution in [3.05, 3.63) is 40.2 Å². The fourth-order valence-electron chi connectivity index (χ4n) is 3.54. The van der Waals surface area contributed by atoms with Crippen molar-refractivity contribution >= 4 is 28.1 Å². The number of aryl methyl sites for hydroxylation is 1. The van der Waals surface area contributed by atoms with E-state index in [9.17, 15) is 14.7 Å². The largest absolute Gasteiger partial charge is 0.488 e. The second-order valence-corrected chi connectivity index (χ2v) is 8.48. The number of carbonyl (C=O) groups excluding carboxylic acids is 1. The second-order valence-electron chi connectivity index (χ2n) is 7.52. The molecule has 12 heteroatoms. The van der Waals surface area contributed by atoms with Crippen LogP contribution in [0.1, 0.15) is 42.4 Å². The van der Waals surface area contributed by atoms with E-state index in [0.29, 0.717) is 11.6 Å². The van der Waals surface area contributed by atoms with Crippen LogP contribution in [0.25, 0.3) is 5.13 Å². The Labute approximate surface area is 181 Å². The fourth-order valence-corrected chi connectivity index (χ4v) is 4.30. The van der Waals surface area contributed by atoms with Gasteiger partial charge in [0, 0.05) is 18.0 Å². The van der Waals surface area contributed by atoms with Crippen molar-refractivity contribution in [2.45, 2.75) is 44.8 Å². The minimum absolute atomic E-state index is 0.0633. The zero-order valence-electron chi connectivity index (χ0n) is 17.2. The van der Waals surface area contributed by atoms with Gasteiger partial charge >= 0.3 is 5.63 Å². The summed E-state index contributed by atoms with van der Waals surface area (Å²) in [4.78, 5) is 25.1. The first-order chi connectivity index (χ1) is 14.8. The number of aliphatic hydroxyl groups is 1.